The number of hydrogen-bond acceptors (Lipinski definition) is 3. The molecule has 5 heteroatoms. The molecule has 1 atom stereocenters. The molecule has 2 heterocycles. The molecule has 2 aromatic rings. The molecule has 132 valence electrons. The molecule has 25 heavy (non-hydrogen) atoms. The summed E-state index contributed by atoms with van der Waals surface area (Å²) in [6, 6.07) is 9.91. The number of amides is 1. The van der Waals surface area contributed by atoms with E-state index in [1.54, 1.807) is 16.2 Å². The Labute approximate surface area is 152 Å². The molecule has 0 saturated carbocycles. The third kappa shape index (κ3) is 3.21. The van der Waals surface area contributed by atoms with E-state index in [0.29, 0.717) is 31.5 Å². The van der Waals surface area contributed by atoms with Crippen molar-refractivity contribution < 1.29 is 14.7 Å². The van der Waals surface area contributed by atoms with Crippen molar-refractivity contribution in [3.8, 4) is 11.1 Å². The second-order valence-corrected chi connectivity index (χ2v) is 7.80. The minimum Gasteiger partial charge on any atom is -0.481 e. The van der Waals surface area contributed by atoms with E-state index in [0.717, 1.165) is 22.4 Å². The third-order valence-electron chi connectivity index (χ3n) is 5.26. The van der Waals surface area contributed by atoms with Gasteiger partial charge in [0.15, 0.2) is 0 Å². The molecule has 0 bridgehead atoms. The van der Waals surface area contributed by atoms with E-state index in [1.165, 1.54) is 0 Å². The zero-order valence-corrected chi connectivity index (χ0v) is 15.4. The summed E-state index contributed by atoms with van der Waals surface area (Å²) < 4.78 is 0. The Morgan fingerprint density at radius 3 is 2.64 bits per heavy atom. The molecular weight excluding hydrogens is 334 g/mol. The van der Waals surface area contributed by atoms with Crippen molar-refractivity contribution in [2.75, 3.05) is 13.1 Å². The van der Waals surface area contributed by atoms with Gasteiger partial charge in [-0.15, -0.1) is 11.3 Å². The lowest BCUT2D eigenvalue weighted by molar-refractivity contribution is -0.152. The summed E-state index contributed by atoms with van der Waals surface area (Å²) in [7, 11) is 0. The van der Waals surface area contributed by atoms with E-state index in [-0.39, 0.29) is 5.91 Å². The molecule has 0 aliphatic carbocycles. The number of thiophene rings is 1. The highest BCUT2D eigenvalue weighted by molar-refractivity contribution is 7.10. The molecule has 0 spiro atoms. The van der Waals surface area contributed by atoms with Crippen LogP contribution in [0.3, 0.4) is 0 Å². The third-order valence-corrected chi connectivity index (χ3v) is 6.17. The van der Waals surface area contributed by atoms with Gasteiger partial charge in [-0.2, -0.15) is 0 Å². The monoisotopic (exact) mass is 357 g/mol. The van der Waals surface area contributed by atoms with Crippen LogP contribution in [0.1, 0.15) is 41.4 Å². The Bertz CT molecular complexity index is 783. The fraction of sp³-hybridized carbons (Fsp3) is 0.400. The Kier molecular flexibility index (Phi) is 4.95. The molecule has 1 fully saturated rings. The zero-order valence-electron chi connectivity index (χ0n) is 14.6. The van der Waals surface area contributed by atoms with Crippen molar-refractivity contribution in [3.05, 3.63) is 46.2 Å². The summed E-state index contributed by atoms with van der Waals surface area (Å²) in [6.45, 7) is 4.83. The van der Waals surface area contributed by atoms with Gasteiger partial charge in [-0.05, 0) is 31.7 Å². The fourth-order valence-electron chi connectivity index (χ4n) is 3.67. The predicted octanol–water partition coefficient (Wildman–Crippen LogP) is 4.44. The SMILES string of the molecule is CC[C@]1(C(=O)O)CCCN(C(=O)c2csc(C)c2-c2ccccc2)C1. The van der Waals surface area contributed by atoms with Crippen LogP contribution in [0.15, 0.2) is 35.7 Å². The standard InChI is InChI=1S/C20H23NO3S/c1-3-20(19(23)24)10-7-11-21(13-20)18(22)16-12-25-14(2)17(16)15-8-5-4-6-9-15/h4-6,8-9,12H,3,7,10-11,13H2,1-2H3,(H,23,24)/t20-/m0/s1. The van der Waals surface area contributed by atoms with Gasteiger partial charge in [0.2, 0.25) is 0 Å². The van der Waals surface area contributed by atoms with Crippen LogP contribution in [0, 0.1) is 12.3 Å². The number of aliphatic carboxylic acids is 1. The van der Waals surface area contributed by atoms with E-state index in [9.17, 15) is 14.7 Å². The summed E-state index contributed by atoms with van der Waals surface area (Å²) in [5, 5.41) is 11.6. The van der Waals surface area contributed by atoms with Crippen LogP contribution in [0.5, 0.6) is 0 Å². The summed E-state index contributed by atoms with van der Waals surface area (Å²) in [6.07, 6.45) is 1.91. The Morgan fingerprint density at radius 2 is 2.00 bits per heavy atom. The van der Waals surface area contributed by atoms with Crippen LogP contribution in [-0.4, -0.2) is 35.0 Å². The maximum atomic E-state index is 13.2. The molecule has 1 aliphatic rings. The minimum absolute atomic E-state index is 0.0537. The van der Waals surface area contributed by atoms with Crippen molar-refractivity contribution in [3.63, 3.8) is 0 Å². The number of carboxylic acids is 1. The molecule has 1 saturated heterocycles. The van der Waals surface area contributed by atoms with Crippen LogP contribution < -0.4 is 0 Å². The average Bonchev–Trinajstić information content (AvgIpc) is 3.03. The highest BCUT2D eigenvalue weighted by Crippen LogP contribution is 2.37. The molecular formula is C20H23NO3S. The van der Waals surface area contributed by atoms with Crippen LogP contribution in [0.25, 0.3) is 11.1 Å². The molecule has 3 rings (SSSR count). The van der Waals surface area contributed by atoms with Crippen molar-refractivity contribution in [1.29, 1.82) is 0 Å². The number of benzene rings is 1. The maximum absolute atomic E-state index is 13.2. The van der Waals surface area contributed by atoms with Gasteiger partial charge in [0, 0.05) is 28.9 Å². The number of nitrogens with zero attached hydrogens (tertiary/aromatic N) is 1. The largest absolute Gasteiger partial charge is 0.481 e. The lowest BCUT2D eigenvalue weighted by Crippen LogP contribution is -2.49. The minimum atomic E-state index is -0.814. The molecule has 1 aliphatic heterocycles. The first-order chi connectivity index (χ1) is 12.0. The van der Waals surface area contributed by atoms with Crippen LogP contribution in [-0.2, 0) is 4.79 Å². The first-order valence-corrected chi connectivity index (χ1v) is 9.52. The van der Waals surface area contributed by atoms with Gasteiger partial charge >= 0.3 is 5.97 Å². The lowest BCUT2D eigenvalue weighted by atomic mass is 9.77. The van der Waals surface area contributed by atoms with E-state index in [4.69, 9.17) is 0 Å². The summed E-state index contributed by atoms with van der Waals surface area (Å²) >= 11 is 1.57. The molecule has 0 unspecified atom stereocenters. The van der Waals surface area contributed by atoms with Gasteiger partial charge < -0.3 is 10.0 Å². The fourth-order valence-corrected chi connectivity index (χ4v) is 4.52. The van der Waals surface area contributed by atoms with E-state index < -0.39 is 11.4 Å². The second-order valence-electron chi connectivity index (χ2n) is 6.72. The smallest absolute Gasteiger partial charge is 0.311 e. The Morgan fingerprint density at radius 1 is 1.28 bits per heavy atom. The molecule has 4 nitrogen and oxygen atoms in total. The van der Waals surface area contributed by atoms with Crippen molar-refractivity contribution >= 4 is 23.2 Å². The summed E-state index contributed by atoms with van der Waals surface area (Å²) in [5.41, 5.74) is 1.87. The van der Waals surface area contributed by atoms with Gasteiger partial charge in [0.05, 0.1) is 11.0 Å². The topological polar surface area (TPSA) is 57.6 Å². The number of hydrogen-bond donors (Lipinski definition) is 1. The summed E-state index contributed by atoms with van der Waals surface area (Å²) in [4.78, 5) is 27.8. The van der Waals surface area contributed by atoms with Gasteiger partial charge in [-0.25, -0.2) is 0 Å². The maximum Gasteiger partial charge on any atom is 0.311 e. The zero-order chi connectivity index (χ0) is 18.0. The molecule has 1 aromatic carbocycles. The molecule has 0 radical (unpaired) electrons. The molecule has 1 aromatic heterocycles. The Balaban J connectivity index is 1.93. The first kappa shape index (κ1) is 17.7. The highest BCUT2D eigenvalue weighted by atomic mass is 32.1. The predicted molar refractivity (Wildman–Crippen MR) is 100.0 cm³/mol. The molecule has 1 N–H and O–H groups in total. The second kappa shape index (κ2) is 7.00. The average molecular weight is 357 g/mol. The number of piperidine rings is 1. The van der Waals surface area contributed by atoms with Gasteiger partial charge in [-0.3, -0.25) is 9.59 Å². The van der Waals surface area contributed by atoms with Crippen LogP contribution >= 0.6 is 11.3 Å². The number of rotatable bonds is 4. The Hall–Kier alpha value is -2.14. The van der Waals surface area contributed by atoms with Gasteiger partial charge in [0.25, 0.3) is 5.91 Å². The normalized spacial score (nSPS) is 20.5. The van der Waals surface area contributed by atoms with Gasteiger partial charge in [0.1, 0.15) is 0 Å². The number of aryl methyl sites for hydroxylation is 1. The number of carbonyl (C=O) groups is 2. The van der Waals surface area contributed by atoms with Crippen LogP contribution in [0.2, 0.25) is 0 Å². The number of carboxylic acid groups (broad SMARTS) is 1. The first-order valence-electron chi connectivity index (χ1n) is 8.64. The molecule has 1 amide bonds. The van der Waals surface area contributed by atoms with Crippen molar-refractivity contribution in [2.45, 2.75) is 33.1 Å². The van der Waals surface area contributed by atoms with E-state index >= 15 is 0 Å². The van der Waals surface area contributed by atoms with Crippen LogP contribution in [0.4, 0.5) is 0 Å². The van der Waals surface area contributed by atoms with E-state index in [2.05, 4.69) is 0 Å². The summed E-state index contributed by atoms with van der Waals surface area (Å²) in [5.74, 6) is -0.848. The number of carbonyl (C=O) groups excluding carboxylic acids is 1. The van der Waals surface area contributed by atoms with Crippen molar-refractivity contribution in [1.82, 2.24) is 4.90 Å². The van der Waals surface area contributed by atoms with Gasteiger partial charge in [-0.1, -0.05) is 37.3 Å². The number of likely N-dealkylation sites (tertiary alicyclic amines) is 1. The quantitative estimate of drug-likeness (QED) is 0.880. The van der Waals surface area contributed by atoms with Crippen molar-refractivity contribution in [2.24, 2.45) is 5.41 Å². The lowest BCUT2D eigenvalue weighted by Gasteiger charge is -2.39. The van der Waals surface area contributed by atoms with E-state index in [1.807, 2.05) is 49.6 Å². The highest BCUT2D eigenvalue weighted by Gasteiger charge is 2.42.